The molecule has 16 heavy (non-hydrogen) atoms. The van der Waals surface area contributed by atoms with E-state index in [0.717, 1.165) is 16.9 Å². The fraction of sp³-hybridized carbons (Fsp3) is 0. The fourth-order valence-electron chi connectivity index (χ4n) is 1.10. The molecule has 1 radical (unpaired) electrons. The van der Waals surface area contributed by atoms with Gasteiger partial charge in [-0.25, -0.2) is 0 Å². The smallest absolute Gasteiger partial charge is 0.258 e. The van der Waals surface area contributed by atoms with Crippen LogP contribution in [0.15, 0.2) is 36.4 Å². The van der Waals surface area contributed by atoms with Crippen LogP contribution < -0.4 is 0 Å². The highest BCUT2D eigenvalue weighted by Gasteiger charge is 2.07. The number of rotatable bonds is 1. The number of hydrogen-bond acceptors (Lipinski definition) is 3. The van der Waals surface area contributed by atoms with E-state index in [1.54, 1.807) is 18.2 Å². The summed E-state index contributed by atoms with van der Waals surface area (Å²) >= 11 is 1.08. The SMILES string of the molecule is O=[N+]([O-])c1ccc(C#Cc2cc[c]cc2)s1. The minimum Gasteiger partial charge on any atom is -0.258 e. The molecule has 0 bridgehead atoms. The molecule has 0 N–H and O–H groups in total. The van der Waals surface area contributed by atoms with E-state index >= 15 is 0 Å². The van der Waals surface area contributed by atoms with Crippen LogP contribution in [0.1, 0.15) is 10.4 Å². The average molecular weight is 228 g/mol. The lowest BCUT2D eigenvalue weighted by atomic mass is 10.2. The molecule has 0 amide bonds. The summed E-state index contributed by atoms with van der Waals surface area (Å²) in [4.78, 5) is 10.7. The third-order valence-electron chi connectivity index (χ3n) is 1.82. The molecule has 2 rings (SSSR count). The second-order valence-corrected chi connectivity index (χ2v) is 4.00. The molecule has 3 nitrogen and oxygen atoms in total. The predicted molar refractivity (Wildman–Crippen MR) is 62.2 cm³/mol. The van der Waals surface area contributed by atoms with Crippen molar-refractivity contribution >= 4 is 16.3 Å². The molecule has 0 aliphatic heterocycles. The molecule has 4 heteroatoms. The standard InChI is InChI=1S/C12H6NO2S/c14-13(15)12-9-8-11(16-12)7-6-10-4-2-1-3-5-10/h2-5,8-9H. The number of nitrogens with zero attached hydrogens (tertiary/aromatic N) is 1. The largest absolute Gasteiger partial charge is 0.325 e. The van der Waals surface area contributed by atoms with Gasteiger partial charge in [-0.05, 0) is 24.3 Å². The lowest BCUT2D eigenvalue weighted by molar-refractivity contribution is -0.380. The van der Waals surface area contributed by atoms with Gasteiger partial charge in [-0.15, -0.1) is 0 Å². The molecule has 0 atom stereocenters. The van der Waals surface area contributed by atoms with Crippen molar-refractivity contribution < 1.29 is 4.92 Å². The molecule has 0 unspecified atom stereocenters. The molecule has 0 aliphatic carbocycles. The maximum atomic E-state index is 10.5. The Labute approximate surface area is 96.5 Å². The molecule has 1 aromatic heterocycles. The van der Waals surface area contributed by atoms with Crippen LogP contribution in [0.4, 0.5) is 5.00 Å². The van der Waals surface area contributed by atoms with Gasteiger partial charge in [0.25, 0.3) is 0 Å². The van der Waals surface area contributed by atoms with E-state index in [9.17, 15) is 10.1 Å². The van der Waals surface area contributed by atoms with Gasteiger partial charge in [0, 0.05) is 11.6 Å². The van der Waals surface area contributed by atoms with Gasteiger partial charge in [-0.1, -0.05) is 35.3 Å². The Bertz CT molecular complexity index is 563. The van der Waals surface area contributed by atoms with Crippen LogP contribution in [0.3, 0.4) is 0 Å². The van der Waals surface area contributed by atoms with E-state index in [1.165, 1.54) is 6.07 Å². The first-order chi connectivity index (χ1) is 7.75. The summed E-state index contributed by atoms with van der Waals surface area (Å²) in [6, 6.07) is 13.3. The topological polar surface area (TPSA) is 43.1 Å². The molecule has 0 aliphatic rings. The Morgan fingerprint density at radius 3 is 2.56 bits per heavy atom. The fourth-order valence-corrected chi connectivity index (χ4v) is 1.77. The molecule has 1 aromatic carbocycles. The van der Waals surface area contributed by atoms with Gasteiger partial charge in [0.05, 0.1) is 9.80 Å². The van der Waals surface area contributed by atoms with E-state index in [0.29, 0.717) is 4.88 Å². The van der Waals surface area contributed by atoms with E-state index in [2.05, 4.69) is 17.9 Å². The van der Waals surface area contributed by atoms with Crippen molar-refractivity contribution in [3.63, 3.8) is 0 Å². The highest BCUT2D eigenvalue weighted by Crippen LogP contribution is 2.22. The van der Waals surface area contributed by atoms with Crippen LogP contribution in [-0.4, -0.2) is 4.92 Å². The monoisotopic (exact) mass is 228 g/mol. The van der Waals surface area contributed by atoms with Crippen molar-refractivity contribution in [2.45, 2.75) is 0 Å². The Kier molecular flexibility index (Phi) is 2.99. The molecule has 0 spiro atoms. The molecule has 77 valence electrons. The number of benzene rings is 1. The summed E-state index contributed by atoms with van der Waals surface area (Å²) in [5, 5.41) is 10.6. The van der Waals surface area contributed by atoms with E-state index < -0.39 is 4.92 Å². The number of thiophene rings is 1. The zero-order valence-electron chi connectivity index (χ0n) is 8.14. The summed E-state index contributed by atoms with van der Waals surface area (Å²) in [6.07, 6.45) is 0. The first kappa shape index (κ1) is 10.4. The summed E-state index contributed by atoms with van der Waals surface area (Å²) in [6.45, 7) is 0. The molecular weight excluding hydrogens is 222 g/mol. The van der Waals surface area contributed by atoms with Crippen LogP contribution in [-0.2, 0) is 0 Å². The van der Waals surface area contributed by atoms with Crippen molar-refractivity contribution in [3.8, 4) is 11.8 Å². The van der Waals surface area contributed by atoms with Crippen molar-refractivity contribution in [2.75, 3.05) is 0 Å². The Hall–Kier alpha value is -2.12. The minimum atomic E-state index is -0.409. The van der Waals surface area contributed by atoms with Gasteiger partial charge < -0.3 is 0 Å². The molecule has 1 heterocycles. The molecule has 2 aromatic rings. The van der Waals surface area contributed by atoms with Crippen LogP contribution in [0.25, 0.3) is 0 Å². The van der Waals surface area contributed by atoms with Gasteiger partial charge in [-0.3, -0.25) is 10.1 Å². The van der Waals surface area contributed by atoms with Gasteiger partial charge >= 0.3 is 5.00 Å². The zero-order chi connectivity index (χ0) is 11.4. The van der Waals surface area contributed by atoms with Crippen LogP contribution in [0.5, 0.6) is 0 Å². The first-order valence-corrected chi connectivity index (χ1v) is 5.30. The summed E-state index contributed by atoms with van der Waals surface area (Å²) in [5.74, 6) is 5.82. The van der Waals surface area contributed by atoms with E-state index in [4.69, 9.17) is 0 Å². The second kappa shape index (κ2) is 4.60. The van der Waals surface area contributed by atoms with Gasteiger partial charge in [0.1, 0.15) is 0 Å². The second-order valence-electron chi connectivity index (χ2n) is 2.93. The number of hydrogen-bond donors (Lipinski definition) is 0. The highest BCUT2D eigenvalue weighted by atomic mass is 32.1. The molecular formula is C12H6NO2S. The Morgan fingerprint density at radius 1 is 1.19 bits per heavy atom. The maximum Gasteiger partial charge on any atom is 0.325 e. The van der Waals surface area contributed by atoms with Crippen molar-refractivity contribution in [1.82, 2.24) is 0 Å². The summed E-state index contributed by atoms with van der Waals surface area (Å²) in [7, 11) is 0. The van der Waals surface area contributed by atoms with Crippen molar-refractivity contribution in [2.24, 2.45) is 0 Å². The normalized spacial score (nSPS) is 9.25. The summed E-state index contributed by atoms with van der Waals surface area (Å²) < 4.78 is 0. The highest BCUT2D eigenvalue weighted by molar-refractivity contribution is 7.15. The summed E-state index contributed by atoms with van der Waals surface area (Å²) in [5.41, 5.74) is 0.870. The first-order valence-electron chi connectivity index (χ1n) is 4.48. The van der Waals surface area contributed by atoms with Crippen LogP contribution in [0.2, 0.25) is 0 Å². The Balaban J connectivity index is 2.21. The zero-order valence-corrected chi connectivity index (χ0v) is 8.95. The minimum absolute atomic E-state index is 0.116. The molecule has 0 saturated carbocycles. The third-order valence-corrected chi connectivity index (χ3v) is 2.77. The van der Waals surface area contributed by atoms with E-state index in [-0.39, 0.29) is 5.00 Å². The number of nitro groups is 1. The van der Waals surface area contributed by atoms with Crippen molar-refractivity contribution in [1.29, 1.82) is 0 Å². The molecule has 0 saturated heterocycles. The average Bonchev–Trinajstić information content (AvgIpc) is 2.76. The maximum absolute atomic E-state index is 10.5. The van der Waals surface area contributed by atoms with Gasteiger partial charge in [0.15, 0.2) is 0 Å². The van der Waals surface area contributed by atoms with E-state index in [1.807, 2.05) is 12.1 Å². The lowest BCUT2D eigenvalue weighted by Gasteiger charge is -1.84. The Morgan fingerprint density at radius 2 is 1.94 bits per heavy atom. The lowest BCUT2D eigenvalue weighted by Crippen LogP contribution is -1.80. The van der Waals surface area contributed by atoms with Gasteiger partial charge in [0.2, 0.25) is 0 Å². The van der Waals surface area contributed by atoms with Crippen LogP contribution in [0, 0.1) is 28.0 Å². The van der Waals surface area contributed by atoms with Crippen molar-refractivity contribution in [3.05, 3.63) is 63.0 Å². The molecule has 0 fully saturated rings. The van der Waals surface area contributed by atoms with Crippen LogP contribution >= 0.6 is 11.3 Å². The predicted octanol–water partition coefficient (Wildman–Crippen LogP) is 2.86. The third kappa shape index (κ3) is 2.47. The van der Waals surface area contributed by atoms with Gasteiger partial charge in [-0.2, -0.15) is 0 Å². The quantitative estimate of drug-likeness (QED) is 0.428.